The van der Waals surface area contributed by atoms with Crippen molar-refractivity contribution in [2.24, 2.45) is 0 Å². The van der Waals surface area contributed by atoms with Crippen molar-refractivity contribution in [2.45, 2.75) is 13.0 Å². The zero-order valence-electron chi connectivity index (χ0n) is 9.07. The van der Waals surface area contributed by atoms with E-state index in [2.05, 4.69) is 14.9 Å². The van der Waals surface area contributed by atoms with Crippen molar-refractivity contribution >= 4 is 23.1 Å². The van der Waals surface area contributed by atoms with Crippen LogP contribution in [0.2, 0.25) is 5.02 Å². The standard InChI is InChI=1S/C11H12ClN3S/c1-7-11(16-15-14-7)10(13-2)8-5-3-4-6-9(8)12/h3-6,10,13H,1-2H3. The minimum Gasteiger partial charge on any atom is -0.309 e. The van der Waals surface area contributed by atoms with Crippen molar-refractivity contribution in [3.05, 3.63) is 45.4 Å². The first kappa shape index (κ1) is 11.5. The predicted molar refractivity (Wildman–Crippen MR) is 67.0 cm³/mol. The molecule has 16 heavy (non-hydrogen) atoms. The second-order valence-electron chi connectivity index (χ2n) is 3.47. The van der Waals surface area contributed by atoms with E-state index in [1.807, 2.05) is 38.2 Å². The molecule has 2 rings (SSSR count). The fraction of sp³-hybridized carbons (Fsp3) is 0.273. The Bertz CT molecular complexity index is 484. The molecule has 1 aromatic heterocycles. The molecule has 0 saturated carbocycles. The van der Waals surface area contributed by atoms with Gasteiger partial charge in [-0.1, -0.05) is 34.3 Å². The van der Waals surface area contributed by atoms with Crippen molar-refractivity contribution in [2.75, 3.05) is 7.05 Å². The summed E-state index contributed by atoms with van der Waals surface area (Å²) in [5.74, 6) is 0. The maximum Gasteiger partial charge on any atom is 0.0776 e. The van der Waals surface area contributed by atoms with E-state index in [4.69, 9.17) is 11.6 Å². The number of hydrogen-bond acceptors (Lipinski definition) is 4. The minimum atomic E-state index is 0.0636. The maximum atomic E-state index is 6.19. The Labute approximate surface area is 104 Å². The van der Waals surface area contributed by atoms with Crippen LogP contribution in [0.15, 0.2) is 24.3 Å². The predicted octanol–water partition coefficient (Wildman–Crippen LogP) is 2.81. The summed E-state index contributed by atoms with van der Waals surface area (Å²) in [5, 5.41) is 8.03. The molecule has 0 aliphatic rings. The number of aromatic nitrogens is 2. The largest absolute Gasteiger partial charge is 0.309 e. The van der Waals surface area contributed by atoms with Crippen LogP contribution in [0, 0.1) is 6.92 Å². The molecule has 1 atom stereocenters. The van der Waals surface area contributed by atoms with Gasteiger partial charge < -0.3 is 5.32 Å². The van der Waals surface area contributed by atoms with E-state index >= 15 is 0 Å². The second kappa shape index (κ2) is 4.91. The second-order valence-corrected chi connectivity index (χ2v) is 4.66. The summed E-state index contributed by atoms with van der Waals surface area (Å²) in [4.78, 5) is 1.11. The first-order chi connectivity index (χ1) is 7.74. The Hall–Kier alpha value is -0.970. The number of halogens is 1. The van der Waals surface area contributed by atoms with E-state index in [0.29, 0.717) is 0 Å². The van der Waals surface area contributed by atoms with Crippen LogP contribution >= 0.6 is 23.1 Å². The van der Waals surface area contributed by atoms with Gasteiger partial charge in [0.1, 0.15) is 0 Å². The third-order valence-corrected chi connectivity index (χ3v) is 3.69. The molecular weight excluding hydrogens is 242 g/mol. The summed E-state index contributed by atoms with van der Waals surface area (Å²) in [7, 11) is 1.91. The number of rotatable bonds is 3. The number of benzene rings is 1. The third-order valence-electron chi connectivity index (χ3n) is 2.45. The fourth-order valence-corrected chi connectivity index (χ4v) is 2.66. The van der Waals surface area contributed by atoms with Gasteiger partial charge in [0.25, 0.3) is 0 Å². The van der Waals surface area contributed by atoms with Gasteiger partial charge in [0.15, 0.2) is 0 Å². The number of nitrogens with zero attached hydrogens (tertiary/aromatic N) is 2. The van der Waals surface area contributed by atoms with Crippen molar-refractivity contribution in [3.63, 3.8) is 0 Å². The van der Waals surface area contributed by atoms with Gasteiger partial charge in [-0.2, -0.15) is 0 Å². The summed E-state index contributed by atoms with van der Waals surface area (Å²) in [5.41, 5.74) is 2.00. The quantitative estimate of drug-likeness (QED) is 0.914. The summed E-state index contributed by atoms with van der Waals surface area (Å²) < 4.78 is 3.95. The fourth-order valence-electron chi connectivity index (χ4n) is 1.64. The van der Waals surface area contributed by atoms with Crippen molar-refractivity contribution < 1.29 is 0 Å². The number of hydrogen-bond donors (Lipinski definition) is 1. The highest BCUT2D eigenvalue weighted by atomic mass is 35.5. The van der Waals surface area contributed by atoms with Crippen LogP contribution in [0.3, 0.4) is 0 Å². The van der Waals surface area contributed by atoms with Gasteiger partial charge in [-0.05, 0) is 37.1 Å². The molecular formula is C11H12ClN3S. The average Bonchev–Trinajstić information content (AvgIpc) is 2.69. The van der Waals surface area contributed by atoms with E-state index in [9.17, 15) is 0 Å². The molecule has 1 aromatic carbocycles. The Morgan fingerprint density at radius 1 is 1.38 bits per heavy atom. The maximum absolute atomic E-state index is 6.19. The van der Waals surface area contributed by atoms with Gasteiger partial charge in [-0.15, -0.1) is 5.10 Å². The Balaban J connectivity index is 2.45. The highest BCUT2D eigenvalue weighted by Crippen LogP contribution is 2.30. The van der Waals surface area contributed by atoms with Crippen LogP contribution in [-0.2, 0) is 0 Å². The van der Waals surface area contributed by atoms with Gasteiger partial charge in [0.05, 0.1) is 16.6 Å². The molecule has 0 amide bonds. The van der Waals surface area contributed by atoms with Crippen LogP contribution in [0.4, 0.5) is 0 Å². The Morgan fingerprint density at radius 2 is 2.12 bits per heavy atom. The number of aryl methyl sites for hydroxylation is 1. The first-order valence-corrected chi connectivity index (χ1v) is 6.09. The molecule has 0 fully saturated rings. The molecule has 1 unspecified atom stereocenters. The Morgan fingerprint density at radius 3 is 2.69 bits per heavy atom. The summed E-state index contributed by atoms with van der Waals surface area (Å²) in [6.45, 7) is 1.96. The van der Waals surface area contributed by atoms with E-state index in [1.165, 1.54) is 11.5 Å². The van der Waals surface area contributed by atoms with Crippen LogP contribution < -0.4 is 5.32 Å². The number of nitrogens with one attached hydrogen (secondary N) is 1. The van der Waals surface area contributed by atoms with Gasteiger partial charge in [-0.3, -0.25) is 0 Å². The molecule has 2 aromatic rings. The average molecular weight is 254 g/mol. The van der Waals surface area contributed by atoms with Gasteiger partial charge in [-0.25, -0.2) is 0 Å². The lowest BCUT2D eigenvalue weighted by Crippen LogP contribution is -2.17. The van der Waals surface area contributed by atoms with Crippen LogP contribution in [0.1, 0.15) is 22.2 Å². The lowest BCUT2D eigenvalue weighted by atomic mass is 10.0. The molecule has 0 bridgehead atoms. The van der Waals surface area contributed by atoms with Crippen molar-refractivity contribution in [3.8, 4) is 0 Å². The topological polar surface area (TPSA) is 37.8 Å². The lowest BCUT2D eigenvalue weighted by molar-refractivity contribution is 0.697. The van der Waals surface area contributed by atoms with Crippen molar-refractivity contribution in [1.29, 1.82) is 0 Å². The molecule has 0 spiro atoms. The van der Waals surface area contributed by atoms with Crippen LogP contribution in [0.5, 0.6) is 0 Å². The molecule has 1 N–H and O–H groups in total. The summed E-state index contributed by atoms with van der Waals surface area (Å²) >= 11 is 7.59. The molecule has 1 heterocycles. The third kappa shape index (κ3) is 2.09. The summed E-state index contributed by atoms with van der Waals surface area (Å²) in [6, 6.07) is 7.88. The van der Waals surface area contributed by atoms with E-state index in [0.717, 1.165) is 21.2 Å². The minimum absolute atomic E-state index is 0.0636. The summed E-state index contributed by atoms with van der Waals surface area (Å²) in [6.07, 6.45) is 0. The monoisotopic (exact) mass is 253 g/mol. The highest BCUT2D eigenvalue weighted by Gasteiger charge is 2.19. The van der Waals surface area contributed by atoms with Gasteiger partial charge >= 0.3 is 0 Å². The first-order valence-electron chi connectivity index (χ1n) is 4.94. The molecule has 0 saturated heterocycles. The van der Waals surface area contributed by atoms with Gasteiger partial charge in [0, 0.05) is 5.02 Å². The molecule has 0 aliphatic heterocycles. The van der Waals surface area contributed by atoms with Crippen molar-refractivity contribution in [1.82, 2.24) is 14.9 Å². The highest BCUT2D eigenvalue weighted by molar-refractivity contribution is 7.05. The zero-order chi connectivity index (χ0) is 11.5. The molecule has 0 aliphatic carbocycles. The van der Waals surface area contributed by atoms with Gasteiger partial charge in [0.2, 0.25) is 0 Å². The molecule has 5 heteroatoms. The molecule has 0 radical (unpaired) electrons. The Kier molecular flexibility index (Phi) is 3.53. The van der Waals surface area contributed by atoms with Crippen LogP contribution in [-0.4, -0.2) is 16.6 Å². The lowest BCUT2D eigenvalue weighted by Gasteiger charge is -2.16. The molecule has 3 nitrogen and oxygen atoms in total. The SMILES string of the molecule is CNC(c1ccccc1Cl)c1snnc1C. The molecule has 84 valence electrons. The van der Waals surface area contributed by atoms with E-state index < -0.39 is 0 Å². The normalized spacial score (nSPS) is 12.7. The smallest absolute Gasteiger partial charge is 0.0776 e. The van der Waals surface area contributed by atoms with E-state index in [-0.39, 0.29) is 6.04 Å². The zero-order valence-corrected chi connectivity index (χ0v) is 10.6. The van der Waals surface area contributed by atoms with Crippen LogP contribution in [0.25, 0.3) is 0 Å². The van der Waals surface area contributed by atoms with E-state index in [1.54, 1.807) is 0 Å².